The predicted molar refractivity (Wildman–Crippen MR) is 80.0 cm³/mol. The smallest absolute Gasteiger partial charge is 0.339 e. The lowest BCUT2D eigenvalue weighted by Crippen LogP contribution is -2.26. The van der Waals surface area contributed by atoms with Gasteiger partial charge in [-0.2, -0.15) is 0 Å². The zero-order valence-electron chi connectivity index (χ0n) is 12.4. The van der Waals surface area contributed by atoms with Crippen LogP contribution in [0.2, 0.25) is 0 Å². The fraction of sp³-hybridized carbons (Fsp3) is 0.333. The second kappa shape index (κ2) is 5.73. The van der Waals surface area contributed by atoms with Gasteiger partial charge in [-0.1, -0.05) is 0 Å². The highest BCUT2D eigenvalue weighted by molar-refractivity contribution is 7.12. The standard InChI is InChI=1S/C15H17NO4S/c1-8-5-13(10(3)21-8)14(17)16(4)7-11-6-12(15(18)19)9(2)20-11/h5-6H,7H2,1-4H3,(H,18,19). The van der Waals surface area contributed by atoms with Crippen LogP contribution in [-0.2, 0) is 6.54 Å². The Kier molecular flexibility index (Phi) is 4.18. The lowest BCUT2D eigenvalue weighted by Gasteiger charge is -2.15. The minimum atomic E-state index is -1.03. The summed E-state index contributed by atoms with van der Waals surface area (Å²) in [5.41, 5.74) is 0.815. The van der Waals surface area contributed by atoms with Gasteiger partial charge in [0.2, 0.25) is 0 Å². The highest BCUT2D eigenvalue weighted by Gasteiger charge is 2.19. The van der Waals surface area contributed by atoms with Gasteiger partial charge in [0.15, 0.2) is 0 Å². The van der Waals surface area contributed by atoms with Gasteiger partial charge in [0.05, 0.1) is 12.1 Å². The zero-order valence-corrected chi connectivity index (χ0v) is 13.2. The molecule has 0 bridgehead atoms. The molecule has 2 rings (SSSR count). The number of hydrogen-bond donors (Lipinski definition) is 1. The monoisotopic (exact) mass is 307 g/mol. The first kappa shape index (κ1) is 15.3. The minimum absolute atomic E-state index is 0.0946. The topological polar surface area (TPSA) is 70.8 Å². The first-order chi connectivity index (χ1) is 9.79. The first-order valence-electron chi connectivity index (χ1n) is 6.44. The normalized spacial score (nSPS) is 10.7. The molecule has 0 spiro atoms. The fourth-order valence-electron chi connectivity index (χ4n) is 2.19. The van der Waals surface area contributed by atoms with E-state index in [9.17, 15) is 9.59 Å². The molecular formula is C15H17NO4S. The van der Waals surface area contributed by atoms with E-state index in [2.05, 4.69) is 0 Å². The maximum absolute atomic E-state index is 12.4. The predicted octanol–water partition coefficient (Wildman–Crippen LogP) is 3.24. The van der Waals surface area contributed by atoms with Crippen molar-refractivity contribution >= 4 is 23.2 Å². The van der Waals surface area contributed by atoms with E-state index in [-0.39, 0.29) is 18.0 Å². The number of furan rings is 1. The van der Waals surface area contributed by atoms with Crippen molar-refractivity contribution in [2.24, 2.45) is 0 Å². The first-order valence-corrected chi connectivity index (χ1v) is 7.26. The molecule has 2 aromatic heterocycles. The van der Waals surface area contributed by atoms with E-state index in [1.165, 1.54) is 11.0 Å². The number of aromatic carboxylic acids is 1. The molecule has 0 fully saturated rings. The fourth-order valence-corrected chi connectivity index (χ4v) is 3.10. The van der Waals surface area contributed by atoms with Crippen molar-refractivity contribution in [3.05, 3.63) is 44.5 Å². The number of carbonyl (C=O) groups excluding carboxylic acids is 1. The molecule has 0 atom stereocenters. The number of thiophene rings is 1. The molecule has 0 aliphatic rings. The summed E-state index contributed by atoms with van der Waals surface area (Å²) in [6.45, 7) is 5.71. The van der Waals surface area contributed by atoms with Crippen LogP contribution in [0, 0.1) is 20.8 Å². The summed E-state index contributed by atoms with van der Waals surface area (Å²) in [6, 6.07) is 3.34. The van der Waals surface area contributed by atoms with Crippen LogP contribution in [0.4, 0.5) is 0 Å². The summed E-state index contributed by atoms with van der Waals surface area (Å²) in [4.78, 5) is 27.0. The Morgan fingerprint density at radius 3 is 2.38 bits per heavy atom. The van der Waals surface area contributed by atoms with Gasteiger partial charge in [-0.05, 0) is 32.9 Å². The molecular weight excluding hydrogens is 290 g/mol. The van der Waals surface area contributed by atoms with E-state index in [1.807, 2.05) is 19.9 Å². The average molecular weight is 307 g/mol. The Balaban J connectivity index is 2.16. The molecule has 1 amide bonds. The van der Waals surface area contributed by atoms with Gasteiger partial charge in [-0.3, -0.25) is 4.79 Å². The van der Waals surface area contributed by atoms with Crippen LogP contribution in [0.5, 0.6) is 0 Å². The lowest BCUT2D eigenvalue weighted by molar-refractivity contribution is 0.0694. The molecule has 0 unspecified atom stereocenters. The lowest BCUT2D eigenvalue weighted by atomic mass is 10.2. The van der Waals surface area contributed by atoms with Gasteiger partial charge in [-0.15, -0.1) is 11.3 Å². The van der Waals surface area contributed by atoms with E-state index in [0.717, 1.165) is 9.75 Å². The summed E-state index contributed by atoms with van der Waals surface area (Å²) in [5.74, 6) is -0.310. The van der Waals surface area contributed by atoms with E-state index in [1.54, 1.807) is 25.3 Å². The number of amides is 1. The highest BCUT2D eigenvalue weighted by Crippen LogP contribution is 2.23. The third kappa shape index (κ3) is 3.16. The number of nitrogens with zero attached hydrogens (tertiary/aromatic N) is 1. The van der Waals surface area contributed by atoms with Crippen molar-refractivity contribution in [2.45, 2.75) is 27.3 Å². The summed E-state index contributed by atoms with van der Waals surface area (Å²) in [7, 11) is 1.67. The SMILES string of the molecule is Cc1cc(C(=O)N(C)Cc2cc(C(=O)O)c(C)o2)c(C)s1. The van der Waals surface area contributed by atoms with Crippen LogP contribution in [-0.4, -0.2) is 28.9 Å². The molecule has 2 aromatic rings. The van der Waals surface area contributed by atoms with Crippen molar-refractivity contribution in [3.63, 3.8) is 0 Å². The van der Waals surface area contributed by atoms with Crippen molar-refractivity contribution < 1.29 is 19.1 Å². The molecule has 0 aliphatic heterocycles. The van der Waals surface area contributed by atoms with Crippen LogP contribution in [0.1, 0.15) is 42.0 Å². The number of carbonyl (C=O) groups is 2. The molecule has 5 nitrogen and oxygen atoms in total. The van der Waals surface area contributed by atoms with E-state index >= 15 is 0 Å². The Bertz CT molecular complexity index is 699. The van der Waals surface area contributed by atoms with Crippen LogP contribution in [0.15, 0.2) is 16.5 Å². The number of aryl methyl sites for hydroxylation is 3. The van der Waals surface area contributed by atoms with Gasteiger partial charge >= 0.3 is 5.97 Å². The van der Waals surface area contributed by atoms with Gasteiger partial charge in [-0.25, -0.2) is 4.79 Å². The molecule has 2 heterocycles. The Hall–Kier alpha value is -2.08. The number of rotatable bonds is 4. The average Bonchev–Trinajstić information content (AvgIpc) is 2.91. The van der Waals surface area contributed by atoms with Crippen molar-refractivity contribution in [1.29, 1.82) is 0 Å². The van der Waals surface area contributed by atoms with Crippen LogP contribution in [0.25, 0.3) is 0 Å². The molecule has 0 saturated carbocycles. The van der Waals surface area contributed by atoms with Crippen molar-refractivity contribution in [2.75, 3.05) is 7.05 Å². The maximum Gasteiger partial charge on any atom is 0.339 e. The number of hydrogen-bond acceptors (Lipinski definition) is 4. The number of carboxylic acid groups (broad SMARTS) is 1. The largest absolute Gasteiger partial charge is 0.478 e. The van der Waals surface area contributed by atoms with Gasteiger partial charge in [0.1, 0.15) is 17.1 Å². The molecule has 6 heteroatoms. The maximum atomic E-state index is 12.4. The Labute approximate surface area is 126 Å². The van der Waals surface area contributed by atoms with Crippen molar-refractivity contribution in [1.82, 2.24) is 4.90 Å². The summed E-state index contributed by atoms with van der Waals surface area (Å²) < 4.78 is 5.40. The van der Waals surface area contributed by atoms with Gasteiger partial charge in [0, 0.05) is 16.8 Å². The molecule has 0 saturated heterocycles. The molecule has 1 N–H and O–H groups in total. The summed E-state index contributed by atoms with van der Waals surface area (Å²) in [5, 5.41) is 9.00. The van der Waals surface area contributed by atoms with Crippen molar-refractivity contribution in [3.8, 4) is 0 Å². The quantitative estimate of drug-likeness (QED) is 0.941. The summed E-state index contributed by atoms with van der Waals surface area (Å²) in [6.07, 6.45) is 0. The highest BCUT2D eigenvalue weighted by atomic mass is 32.1. The Morgan fingerprint density at radius 1 is 1.24 bits per heavy atom. The molecule has 0 radical (unpaired) electrons. The molecule has 0 aliphatic carbocycles. The van der Waals surface area contributed by atoms with Gasteiger partial charge in [0.25, 0.3) is 5.91 Å². The van der Waals surface area contributed by atoms with Crippen LogP contribution in [0.3, 0.4) is 0 Å². The van der Waals surface area contributed by atoms with Gasteiger partial charge < -0.3 is 14.4 Å². The van der Waals surface area contributed by atoms with Crippen LogP contribution >= 0.6 is 11.3 Å². The molecule has 112 valence electrons. The van der Waals surface area contributed by atoms with E-state index < -0.39 is 5.97 Å². The van der Waals surface area contributed by atoms with E-state index in [4.69, 9.17) is 9.52 Å². The minimum Gasteiger partial charge on any atom is -0.478 e. The zero-order chi connectivity index (χ0) is 15.7. The molecule has 0 aromatic carbocycles. The third-order valence-electron chi connectivity index (χ3n) is 3.21. The molecule has 21 heavy (non-hydrogen) atoms. The third-order valence-corrected chi connectivity index (χ3v) is 4.18. The second-order valence-electron chi connectivity index (χ2n) is 4.98. The second-order valence-corrected chi connectivity index (χ2v) is 6.44. The van der Waals surface area contributed by atoms with E-state index in [0.29, 0.717) is 17.1 Å². The Morgan fingerprint density at radius 2 is 1.90 bits per heavy atom. The van der Waals surface area contributed by atoms with Crippen LogP contribution < -0.4 is 0 Å². The number of carboxylic acids is 1. The summed E-state index contributed by atoms with van der Waals surface area (Å²) >= 11 is 1.58.